The smallest absolute Gasteiger partial charge is 0.154 e. The van der Waals surface area contributed by atoms with E-state index in [0.717, 1.165) is 13.2 Å². The van der Waals surface area contributed by atoms with E-state index in [1.54, 1.807) is 0 Å². The summed E-state index contributed by atoms with van der Waals surface area (Å²) in [7, 11) is 0. The Bertz CT molecular complexity index is 375. The number of fused-ring (bicyclic) bond motifs is 1. The van der Waals surface area contributed by atoms with Crippen molar-refractivity contribution in [2.75, 3.05) is 13.2 Å². The summed E-state index contributed by atoms with van der Waals surface area (Å²) < 4.78 is 10.1. The zero-order valence-corrected chi connectivity index (χ0v) is 10.8. The number of aromatic nitrogens is 1. The second-order valence-corrected chi connectivity index (χ2v) is 3.54. The number of rotatable bonds is 4. The summed E-state index contributed by atoms with van der Waals surface area (Å²) in [6, 6.07) is 10.3. The van der Waals surface area contributed by atoms with Gasteiger partial charge in [-0.3, -0.25) is 0 Å². The normalized spacial score (nSPS) is 10.4. The second kappa shape index (κ2) is 7.87. The molecule has 0 saturated carbocycles. The molecule has 2 aromatic rings. The number of benzene rings is 1. The van der Waals surface area contributed by atoms with E-state index >= 15 is 0 Å². The summed E-state index contributed by atoms with van der Waals surface area (Å²) in [5.41, 5.74) is 1.21. The van der Waals surface area contributed by atoms with Crippen molar-refractivity contribution in [3.8, 4) is 0 Å². The van der Waals surface area contributed by atoms with Crippen LogP contribution in [-0.2, 0) is 9.47 Å². The van der Waals surface area contributed by atoms with E-state index in [9.17, 15) is 0 Å². The molecule has 0 unspecified atom stereocenters. The highest BCUT2D eigenvalue weighted by molar-refractivity contribution is 5.78. The van der Waals surface area contributed by atoms with Gasteiger partial charge in [0.05, 0.1) is 0 Å². The number of hydrogen-bond donors (Lipinski definition) is 1. The first-order valence-electron chi connectivity index (χ1n) is 6.03. The SMILES string of the molecule is CCOC(C)OCC.c1ccc2[nH]ccc2c1. The summed E-state index contributed by atoms with van der Waals surface area (Å²) in [5.74, 6) is 0. The van der Waals surface area contributed by atoms with Gasteiger partial charge in [0.15, 0.2) is 6.29 Å². The monoisotopic (exact) mass is 235 g/mol. The molecule has 0 radical (unpaired) electrons. The maximum absolute atomic E-state index is 5.06. The van der Waals surface area contributed by atoms with Gasteiger partial charge in [0.25, 0.3) is 0 Å². The summed E-state index contributed by atoms with van der Waals surface area (Å²) in [5, 5.41) is 1.28. The molecule has 0 aliphatic heterocycles. The fourth-order valence-corrected chi connectivity index (χ4v) is 1.51. The van der Waals surface area contributed by atoms with Gasteiger partial charge in [0.1, 0.15) is 0 Å². The first-order chi connectivity index (χ1) is 8.27. The lowest BCUT2D eigenvalue weighted by molar-refractivity contribution is -0.123. The van der Waals surface area contributed by atoms with Gasteiger partial charge in [-0.05, 0) is 38.3 Å². The lowest BCUT2D eigenvalue weighted by Gasteiger charge is -2.09. The molecule has 0 atom stereocenters. The van der Waals surface area contributed by atoms with Crippen molar-refractivity contribution in [3.63, 3.8) is 0 Å². The Labute approximate surface area is 103 Å². The predicted octanol–water partition coefficient (Wildman–Crippen LogP) is 3.57. The van der Waals surface area contributed by atoms with E-state index in [4.69, 9.17) is 9.47 Å². The van der Waals surface area contributed by atoms with Gasteiger partial charge >= 0.3 is 0 Å². The van der Waals surface area contributed by atoms with E-state index in [1.807, 2.05) is 39.1 Å². The van der Waals surface area contributed by atoms with Crippen LogP contribution >= 0.6 is 0 Å². The lowest BCUT2D eigenvalue weighted by atomic mass is 10.3. The lowest BCUT2D eigenvalue weighted by Crippen LogP contribution is -2.11. The van der Waals surface area contributed by atoms with E-state index in [0.29, 0.717) is 0 Å². The molecule has 0 aliphatic rings. The fraction of sp³-hybridized carbons (Fsp3) is 0.429. The van der Waals surface area contributed by atoms with Gasteiger partial charge in [-0.1, -0.05) is 18.2 Å². The zero-order chi connectivity index (χ0) is 12.5. The van der Waals surface area contributed by atoms with Crippen molar-refractivity contribution < 1.29 is 9.47 Å². The van der Waals surface area contributed by atoms with Crippen molar-refractivity contribution in [1.82, 2.24) is 4.98 Å². The van der Waals surface area contributed by atoms with Crippen LogP contribution < -0.4 is 0 Å². The molecule has 0 bridgehead atoms. The van der Waals surface area contributed by atoms with Crippen molar-refractivity contribution in [2.24, 2.45) is 0 Å². The van der Waals surface area contributed by atoms with Crippen molar-refractivity contribution in [3.05, 3.63) is 36.5 Å². The van der Waals surface area contributed by atoms with Gasteiger partial charge in [-0.2, -0.15) is 0 Å². The van der Waals surface area contributed by atoms with Crippen molar-refractivity contribution in [2.45, 2.75) is 27.1 Å². The maximum Gasteiger partial charge on any atom is 0.154 e. The largest absolute Gasteiger partial charge is 0.361 e. The molecule has 2 rings (SSSR count). The van der Waals surface area contributed by atoms with Crippen LogP contribution in [0.1, 0.15) is 20.8 Å². The molecular weight excluding hydrogens is 214 g/mol. The van der Waals surface area contributed by atoms with E-state index in [-0.39, 0.29) is 6.29 Å². The molecule has 0 saturated heterocycles. The Morgan fingerprint density at radius 2 is 1.71 bits per heavy atom. The van der Waals surface area contributed by atoms with Gasteiger partial charge < -0.3 is 14.5 Å². The van der Waals surface area contributed by atoms with Crippen LogP contribution in [0.15, 0.2) is 36.5 Å². The number of H-pyrrole nitrogens is 1. The number of nitrogens with one attached hydrogen (secondary N) is 1. The van der Waals surface area contributed by atoms with Crippen LogP contribution in [0, 0.1) is 0 Å². The molecule has 0 aliphatic carbocycles. The highest BCUT2D eigenvalue weighted by atomic mass is 16.7. The third-order valence-corrected chi connectivity index (χ3v) is 2.27. The summed E-state index contributed by atoms with van der Waals surface area (Å²) in [6.07, 6.45) is 1.91. The first-order valence-corrected chi connectivity index (χ1v) is 6.03. The van der Waals surface area contributed by atoms with Gasteiger partial charge in [-0.15, -0.1) is 0 Å². The van der Waals surface area contributed by atoms with Crippen LogP contribution in [0.5, 0.6) is 0 Å². The van der Waals surface area contributed by atoms with E-state index in [2.05, 4.69) is 23.2 Å². The Hall–Kier alpha value is -1.32. The first kappa shape index (κ1) is 13.7. The number of para-hydroxylation sites is 1. The Morgan fingerprint density at radius 1 is 1.06 bits per heavy atom. The van der Waals surface area contributed by atoms with Gasteiger partial charge in [-0.25, -0.2) is 0 Å². The molecule has 0 fully saturated rings. The number of aromatic amines is 1. The zero-order valence-electron chi connectivity index (χ0n) is 10.8. The van der Waals surface area contributed by atoms with Crippen LogP contribution in [0.25, 0.3) is 10.9 Å². The van der Waals surface area contributed by atoms with E-state index in [1.165, 1.54) is 10.9 Å². The second-order valence-electron chi connectivity index (χ2n) is 3.54. The molecule has 1 N–H and O–H groups in total. The van der Waals surface area contributed by atoms with Gasteiger partial charge in [0.2, 0.25) is 0 Å². The molecule has 3 nitrogen and oxygen atoms in total. The van der Waals surface area contributed by atoms with Crippen LogP contribution in [-0.4, -0.2) is 24.5 Å². The molecule has 1 aromatic heterocycles. The molecular formula is C14H21NO2. The third-order valence-electron chi connectivity index (χ3n) is 2.27. The Morgan fingerprint density at radius 3 is 2.29 bits per heavy atom. The molecule has 0 amide bonds. The summed E-state index contributed by atoms with van der Waals surface area (Å²) in [6.45, 7) is 7.25. The molecule has 1 heterocycles. The van der Waals surface area contributed by atoms with Crippen LogP contribution in [0.3, 0.4) is 0 Å². The maximum atomic E-state index is 5.06. The fourth-order valence-electron chi connectivity index (χ4n) is 1.51. The minimum atomic E-state index is -0.0370. The Kier molecular flexibility index (Phi) is 6.37. The highest BCUT2D eigenvalue weighted by Gasteiger charge is 1.94. The van der Waals surface area contributed by atoms with Crippen LogP contribution in [0.2, 0.25) is 0 Å². The molecule has 17 heavy (non-hydrogen) atoms. The third kappa shape index (κ3) is 5.02. The average molecular weight is 235 g/mol. The number of hydrogen-bond acceptors (Lipinski definition) is 2. The van der Waals surface area contributed by atoms with Gasteiger partial charge in [0, 0.05) is 24.9 Å². The minimum Gasteiger partial charge on any atom is -0.361 e. The average Bonchev–Trinajstić information content (AvgIpc) is 2.78. The molecule has 94 valence electrons. The predicted molar refractivity (Wildman–Crippen MR) is 71.0 cm³/mol. The number of ether oxygens (including phenoxy) is 2. The minimum absolute atomic E-state index is 0.0370. The molecule has 0 spiro atoms. The van der Waals surface area contributed by atoms with Crippen molar-refractivity contribution >= 4 is 10.9 Å². The highest BCUT2D eigenvalue weighted by Crippen LogP contribution is 2.09. The quantitative estimate of drug-likeness (QED) is 0.822. The van der Waals surface area contributed by atoms with E-state index < -0.39 is 0 Å². The molecule has 3 heteroatoms. The summed E-state index contributed by atoms with van der Waals surface area (Å²) >= 11 is 0. The van der Waals surface area contributed by atoms with Crippen LogP contribution in [0.4, 0.5) is 0 Å². The summed E-state index contributed by atoms with van der Waals surface area (Å²) in [4.78, 5) is 3.12. The standard InChI is InChI=1S/C8H7N.C6H14O2/c1-2-4-8-7(3-1)5-6-9-8;1-4-7-6(3)8-5-2/h1-6,9H;6H,4-5H2,1-3H3. The molecule has 1 aromatic carbocycles. The topological polar surface area (TPSA) is 34.2 Å². The Balaban J connectivity index is 0.000000172. The van der Waals surface area contributed by atoms with Crippen molar-refractivity contribution in [1.29, 1.82) is 0 Å².